The van der Waals surface area contributed by atoms with Crippen LogP contribution in [0.1, 0.15) is 78.3 Å². The van der Waals surface area contributed by atoms with Crippen LogP contribution in [-0.2, 0) is 20.9 Å². The smallest absolute Gasteiger partial charge is 0.309 e. The van der Waals surface area contributed by atoms with Crippen molar-refractivity contribution < 1.29 is 34.1 Å². The van der Waals surface area contributed by atoms with Gasteiger partial charge in [0.15, 0.2) is 0 Å². The fourth-order valence-electron chi connectivity index (χ4n) is 4.20. The predicted molar refractivity (Wildman–Crippen MR) is 127 cm³/mol. The Bertz CT molecular complexity index is 885. The standard InChI is InChI=1S/C26H39NO7/c1-16-10-8-6-7-9-11-20(17(2)12-19-15-33-22(14-28)27-19)34-23(30)13-21(29)26(4,5)25(32)18(3)24(16)31/h7,9,12,15-16,18,20-21,24,28-29,31H,6,8,10-11,13-14H2,1-5H3/b9-7-,17-12+/t16-,18+,20-,21-,24-/m0/s1. The highest BCUT2D eigenvalue weighted by Gasteiger charge is 2.42. The average molecular weight is 478 g/mol. The normalized spacial score (nSPS) is 31.2. The maximum atomic E-state index is 13.1. The number of hydrogen-bond acceptors (Lipinski definition) is 8. The molecule has 0 aromatic carbocycles. The minimum absolute atomic E-state index is 0.0673. The van der Waals surface area contributed by atoms with Crippen molar-refractivity contribution in [1.82, 2.24) is 4.98 Å². The summed E-state index contributed by atoms with van der Waals surface area (Å²) < 4.78 is 10.8. The van der Waals surface area contributed by atoms with Crippen molar-refractivity contribution in [3.63, 3.8) is 0 Å². The Morgan fingerprint density at radius 1 is 1.24 bits per heavy atom. The summed E-state index contributed by atoms with van der Waals surface area (Å²) in [6.45, 7) is 8.30. The number of esters is 1. The molecule has 1 aromatic rings. The van der Waals surface area contributed by atoms with Gasteiger partial charge in [0.2, 0.25) is 5.89 Å². The second kappa shape index (κ2) is 12.4. The van der Waals surface area contributed by atoms with E-state index in [-0.39, 0.29) is 30.6 Å². The molecule has 0 amide bonds. The van der Waals surface area contributed by atoms with Crippen LogP contribution in [0, 0.1) is 17.3 Å². The Labute approximate surface area is 201 Å². The second-order valence-corrected chi connectivity index (χ2v) is 9.89. The van der Waals surface area contributed by atoms with E-state index in [0.29, 0.717) is 12.1 Å². The third-order valence-corrected chi connectivity index (χ3v) is 6.75. The lowest BCUT2D eigenvalue weighted by atomic mass is 9.73. The van der Waals surface area contributed by atoms with Crippen LogP contribution in [0.3, 0.4) is 0 Å². The summed E-state index contributed by atoms with van der Waals surface area (Å²) in [5.74, 6) is -1.44. The van der Waals surface area contributed by atoms with Gasteiger partial charge < -0.3 is 24.5 Å². The van der Waals surface area contributed by atoms with Crippen LogP contribution in [0.25, 0.3) is 6.08 Å². The Morgan fingerprint density at radius 3 is 2.59 bits per heavy atom. The first-order chi connectivity index (χ1) is 16.0. The van der Waals surface area contributed by atoms with Crippen molar-refractivity contribution in [2.45, 2.75) is 91.6 Å². The highest BCUT2D eigenvalue weighted by molar-refractivity contribution is 5.88. The van der Waals surface area contributed by atoms with E-state index in [2.05, 4.69) is 4.98 Å². The first kappa shape index (κ1) is 28.0. The number of ketones is 1. The van der Waals surface area contributed by atoms with Crippen LogP contribution in [-0.4, -0.2) is 50.4 Å². The van der Waals surface area contributed by atoms with Gasteiger partial charge in [0.05, 0.1) is 24.0 Å². The predicted octanol–water partition coefficient (Wildman–Crippen LogP) is 3.59. The van der Waals surface area contributed by atoms with Crippen LogP contribution >= 0.6 is 0 Å². The Morgan fingerprint density at radius 2 is 1.94 bits per heavy atom. The molecule has 34 heavy (non-hydrogen) atoms. The van der Waals surface area contributed by atoms with Gasteiger partial charge in [-0.3, -0.25) is 9.59 Å². The lowest BCUT2D eigenvalue weighted by molar-refractivity contribution is -0.154. The topological polar surface area (TPSA) is 130 Å². The molecule has 1 aliphatic rings. The van der Waals surface area contributed by atoms with E-state index in [4.69, 9.17) is 14.3 Å². The van der Waals surface area contributed by atoms with E-state index in [0.717, 1.165) is 24.8 Å². The molecule has 5 atom stereocenters. The van der Waals surface area contributed by atoms with Crippen molar-refractivity contribution in [3.8, 4) is 0 Å². The van der Waals surface area contributed by atoms with Crippen LogP contribution in [0.4, 0.5) is 0 Å². The zero-order valence-electron chi connectivity index (χ0n) is 20.9. The molecule has 3 N–H and O–H groups in total. The number of oxazole rings is 1. The molecular formula is C26H39NO7. The van der Waals surface area contributed by atoms with Crippen molar-refractivity contribution in [2.75, 3.05) is 0 Å². The molecule has 0 aliphatic carbocycles. The number of ether oxygens (including phenoxy) is 1. The number of Topliss-reactive ketones (excluding diaryl/α,β-unsaturated/α-hetero) is 1. The summed E-state index contributed by atoms with van der Waals surface area (Å²) in [4.78, 5) is 30.0. The van der Waals surface area contributed by atoms with Crippen LogP contribution in [0.2, 0.25) is 0 Å². The van der Waals surface area contributed by atoms with Gasteiger partial charge in [0.25, 0.3) is 0 Å². The number of carbonyl (C=O) groups is 2. The summed E-state index contributed by atoms with van der Waals surface area (Å²) in [5, 5.41) is 30.6. The van der Waals surface area contributed by atoms with Gasteiger partial charge in [-0.05, 0) is 43.8 Å². The molecular weight excluding hydrogens is 438 g/mol. The van der Waals surface area contributed by atoms with Gasteiger partial charge >= 0.3 is 5.97 Å². The third kappa shape index (κ3) is 7.35. The largest absolute Gasteiger partial charge is 0.457 e. The summed E-state index contributed by atoms with van der Waals surface area (Å²) in [6.07, 6.45) is 6.96. The Hall–Kier alpha value is -2.29. The van der Waals surface area contributed by atoms with Crippen LogP contribution in [0.5, 0.6) is 0 Å². The molecule has 0 fully saturated rings. The molecule has 0 radical (unpaired) electrons. The lowest BCUT2D eigenvalue weighted by Crippen LogP contribution is -2.45. The van der Waals surface area contributed by atoms with E-state index in [9.17, 15) is 19.8 Å². The minimum Gasteiger partial charge on any atom is -0.457 e. The molecule has 8 nitrogen and oxygen atoms in total. The molecule has 8 heteroatoms. The Kier molecular flexibility index (Phi) is 10.2. The SMILES string of the molecule is C/C(=C\c1coc(CO)n1)[C@@H]1C/C=C\CCC[C@H](C)[C@H](O)[C@@H](C)C(=O)C(C)(C)[C@@H](O)CC(=O)O1. The average Bonchev–Trinajstić information content (AvgIpc) is 3.25. The molecule has 190 valence electrons. The summed E-state index contributed by atoms with van der Waals surface area (Å²) >= 11 is 0. The van der Waals surface area contributed by atoms with E-state index in [1.165, 1.54) is 6.26 Å². The van der Waals surface area contributed by atoms with Crippen LogP contribution in [0.15, 0.2) is 28.4 Å². The van der Waals surface area contributed by atoms with Crippen molar-refractivity contribution >= 4 is 17.8 Å². The second-order valence-electron chi connectivity index (χ2n) is 9.89. The van der Waals surface area contributed by atoms with Gasteiger partial charge in [0, 0.05) is 12.3 Å². The number of nitrogens with zero attached hydrogens (tertiary/aromatic N) is 1. The van der Waals surface area contributed by atoms with E-state index in [1.54, 1.807) is 26.8 Å². The molecule has 2 rings (SSSR count). The molecule has 0 spiro atoms. The molecule has 2 heterocycles. The van der Waals surface area contributed by atoms with E-state index < -0.39 is 35.6 Å². The number of aliphatic hydroxyl groups is 3. The fourth-order valence-corrected chi connectivity index (χ4v) is 4.20. The molecule has 0 bridgehead atoms. The highest BCUT2D eigenvalue weighted by Crippen LogP contribution is 2.32. The fraction of sp³-hybridized carbons (Fsp3) is 0.654. The zero-order valence-corrected chi connectivity index (χ0v) is 20.9. The van der Waals surface area contributed by atoms with Crippen molar-refractivity contribution in [1.29, 1.82) is 0 Å². The summed E-state index contributed by atoms with van der Waals surface area (Å²) in [5.41, 5.74) is 0.00635. The van der Waals surface area contributed by atoms with Crippen molar-refractivity contribution in [3.05, 3.63) is 35.6 Å². The number of aromatic nitrogens is 1. The Balaban J connectivity index is 2.27. The molecule has 0 unspecified atom stereocenters. The monoisotopic (exact) mass is 477 g/mol. The number of aliphatic hydroxyl groups excluding tert-OH is 3. The number of carbonyl (C=O) groups excluding carboxylic acids is 2. The van der Waals surface area contributed by atoms with E-state index in [1.807, 2.05) is 26.0 Å². The summed E-state index contributed by atoms with van der Waals surface area (Å²) in [7, 11) is 0. The lowest BCUT2D eigenvalue weighted by Gasteiger charge is -2.34. The van der Waals surface area contributed by atoms with Gasteiger partial charge in [-0.2, -0.15) is 0 Å². The molecule has 0 saturated heterocycles. The third-order valence-electron chi connectivity index (χ3n) is 6.75. The number of hydrogen-bond donors (Lipinski definition) is 3. The van der Waals surface area contributed by atoms with Gasteiger partial charge in [-0.15, -0.1) is 0 Å². The molecule has 0 saturated carbocycles. The minimum atomic E-state index is -1.26. The van der Waals surface area contributed by atoms with Gasteiger partial charge in [-0.1, -0.05) is 39.8 Å². The van der Waals surface area contributed by atoms with Gasteiger partial charge in [0.1, 0.15) is 30.5 Å². The first-order valence-electron chi connectivity index (χ1n) is 12.0. The molecule has 1 aliphatic heterocycles. The maximum Gasteiger partial charge on any atom is 0.309 e. The number of allylic oxidation sites excluding steroid dienone is 1. The number of cyclic esters (lactones) is 1. The molecule has 1 aromatic heterocycles. The highest BCUT2D eigenvalue weighted by atomic mass is 16.5. The van der Waals surface area contributed by atoms with Crippen molar-refractivity contribution in [2.24, 2.45) is 17.3 Å². The zero-order chi connectivity index (χ0) is 25.5. The van der Waals surface area contributed by atoms with Crippen LogP contribution < -0.4 is 0 Å². The quantitative estimate of drug-likeness (QED) is 0.445. The number of rotatable bonds is 3. The maximum absolute atomic E-state index is 13.1. The van der Waals surface area contributed by atoms with Gasteiger partial charge in [-0.25, -0.2) is 4.98 Å². The van der Waals surface area contributed by atoms with E-state index >= 15 is 0 Å². The first-order valence-corrected chi connectivity index (χ1v) is 12.0. The summed E-state index contributed by atoms with van der Waals surface area (Å²) in [6, 6.07) is 0.